The molecule has 0 fully saturated rings. The van der Waals surface area contributed by atoms with Gasteiger partial charge in [-0.3, -0.25) is 0 Å². The Morgan fingerprint density at radius 1 is 0.842 bits per heavy atom. The molecule has 1 rings (SSSR count). The van der Waals surface area contributed by atoms with Gasteiger partial charge in [0.05, 0.1) is 0 Å². The second kappa shape index (κ2) is 8.68. The van der Waals surface area contributed by atoms with Gasteiger partial charge in [-0.1, -0.05) is 29.3 Å². The Hall–Kier alpha value is 0.460. The summed E-state index contributed by atoms with van der Waals surface area (Å²) in [6, 6.07) is 7.08. The van der Waals surface area contributed by atoms with Crippen molar-refractivity contribution < 1.29 is 3.63 Å². The Labute approximate surface area is 136 Å². The summed E-state index contributed by atoms with van der Waals surface area (Å²) in [7, 11) is 0. The van der Waals surface area contributed by atoms with Crippen molar-refractivity contribution in [2.45, 2.75) is 51.0 Å². The predicted octanol–water partition coefficient (Wildman–Crippen LogP) is 6.89. The summed E-state index contributed by atoms with van der Waals surface area (Å²) >= 11 is 14.2. The van der Waals surface area contributed by atoms with E-state index in [1.54, 1.807) is 18.2 Å². The summed E-state index contributed by atoms with van der Waals surface area (Å²) in [5.74, 6) is 0. The molecule has 0 aromatic heterocycles. The smallest absolute Gasteiger partial charge is 0.0420 e. The number of hydrogen-bond donors (Lipinski definition) is 0. The minimum absolute atomic E-state index is 0.193. The maximum absolute atomic E-state index is 5.56. The van der Waals surface area contributed by atoms with Crippen LogP contribution >= 0.6 is 47.3 Å². The molecule has 110 valence electrons. The molecule has 1 aromatic rings. The van der Waals surface area contributed by atoms with E-state index in [0.29, 0.717) is 10.0 Å². The highest BCUT2D eigenvalue weighted by atomic mass is 35.5. The summed E-state index contributed by atoms with van der Waals surface area (Å²) in [5, 5.41) is 1.36. The van der Waals surface area contributed by atoms with Crippen molar-refractivity contribution >= 4 is 47.3 Å². The number of rotatable bonds is 2. The standard InChI is InChI=1S/C8H18OS2.C6H4Cl2/c1-7(2,3)10-9-11-8(4,5)6;7-5-2-1-3-6(8)4-5/h1-6H3;1-4H. The second-order valence-electron chi connectivity index (χ2n) is 5.90. The molecule has 0 amide bonds. The van der Waals surface area contributed by atoms with Gasteiger partial charge in [0, 0.05) is 43.6 Å². The van der Waals surface area contributed by atoms with Crippen molar-refractivity contribution in [1.82, 2.24) is 0 Å². The van der Waals surface area contributed by atoms with Crippen LogP contribution in [0.5, 0.6) is 0 Å². The number of halogens is 2. The normalized spacial score (nSPS) is 11.8. The van der Waals surface area contributed by atoms with E-state index in [9.17, 15) is 0 Å². The van der Waals surface area contributed by atoms with Crippen molar-refractivity contribution in [3.8, 4) is 0 Å². The van der Waals surface area contributed by atoms with E-state index in [0.717, 1.165) is 0 Å². The molecule has 0 spiro atoms. The molecule has 19 heavy (non-hydrogen) atoms. The maximum atomic E-state index is 5.56. The van der Waals surface area contributed by atoms with E-state index < -0.39 is 0 Å². The third-order valence-electron chi connectivity index (χ3n) is 1.35. The monoisotopic (exact) mass is 340 g/mol. The predicted molar refractivity (Wildman–Crippen MR) is 92.2 cm³/mol. The minimum Gasteiger partial charge on any atom is -0.246 e. The van der Waals surface area contributed by atoms with Crippen LogP contribution in [0, 0.1) is 0 Å². The fraction of sp³-hybridized carbons (Fsp3) is 0.571. The zero-order valence-corrected chi connectivity index (χ0v) is 15.4. The molecular formula is C14H22Cl2OS2. The minimum atomic E-state index is 0.193. The third kappa shape index (κ3) is 14.7. The van der Waals surface area contributed by atoms with Crippen LogP contribution in [0.25, 0.3) is 0 Å². The molecule has 0 aliphatic heterocycles. The SMILES string of the molecule is CC(C)(C)SOSC(C)(C)C.Clc1cccc(Cl)c1. The zero-order chi connectivity index (χ0) is 15.1. The molecule has 0 radical (unpaired) electrons. The number of hydrogen-bond acceptors (Lipinski definition) is 3. The van der Waals surface area contributed by atoms with E-state index in [2.05, 4.69) is 41.5 Å². The lowest BCUT2D eigenvalue weighted by molar-refractivity contribution is 0.659. The van der Waals surface area contributed by atoms with Crippen LogP contribution < -0.4 is 0 Å². The fourth-order valence-corrected chi connectivity index (χ4v) is 2.89. The molecule has 0 saturated heterocycles. The van der Waals surface area contributed by atoms with E-state index in [1.165, 1.54) is 24.1 Å². The largest absolute Gasteiger partial charge is 0.246 e. The summed E-state index contributed by atoms with van der Waals surface area (Å²) in [6.07, 6.45) is 0. The number of benzene rings is 1. The van der Waals surface area contributed by atoms with Gasteiger partial charge >= 0.3 is 0 Å². The lowest BCUT2D eigenvalue weighted by Gasteiger charge is -2.20. The molecule has 0 N–H and O–H groups in total. The van der Waals surface area contributed by atoms with Crippen molar-refractivity contribution in [3.05, 3.63) is 34.3 Å². The topological polar surface area (TPSA) is 9.23 Å². The van der Waals surface area contributed by atoms with Gasteiger partial charge in [0.15, 0.2) is 0 Å². The molecule has 0 saturated carbocycles. The van der Waals surface area contributed by atoms with Gasteiger partial charge in [0.1, 0.15) is 0 Å². The van der Waals surface area contributed by atoms with Gasteiger partial charge in [-0.2, -0.15) is 0 Å². The summed E-state index contributed by atoms with van der Waals surface area (Å²) in [4.78, 5) is 0. The highest BCUT2D eigenvalue weighted by Gasteiger charge is 2.16. The van der Waals surface area contributed by atoms with E-state index in [1.807, 2.05) is 6.07 Å². The molecule has 0 atom stereocenters. The molecule has 0 bridgehead atoms. The lowest BCUT2D eigenvalue weighted by Crippen LogP contribution is -2.10. The highest BCUT2D eigenvalue weighted by molar-refractivity contribution is 8.09. The van der Waals surface area contributed by atoms with Gasteiger partial charge in [0.25, 0.3) is 0 Å². The van der Waals surface area contributed by atoms with Crippen molar-refractivity contribution in [2.24, 2.45) is 0 Å². The Balaban J connectivity index is 0.000000356. The van der Waals surface area contributed by atoms with Crippen molar-refractivity contribution in [3.63, 3.8) is 0 Å². The van der Waals surface area contributed by atoms with Crippen LogP contribution in [0.4, 0.5) is 0 Å². The van der Waals surface area contributed by atoms with Gasteiger partial charge in [-0.05, 0) is 59.7 Å². The first kappa shape index (κ1) is 19.5. The molecule has 0 heterocycles. The third-order valence-corrected chi connectivity index (χ3v) is 3.37. The van der Waals surface area contributed by atoms with Crippen LogP contribution in [-0.4, -0.2) is 9.49 Å². The van der Waals surface area contributed by atoms with Crippen LogP contribution in [0.15, 0.2) is 24.3 Å². The summed E-state index contributed by atoms with van der Waals surface area (Å²) < 4.78 is 5.78. The molecule has 0 unspecified atom stereocenters. The Morgan fingerprint density at radius 2 is 1.21 bits per heavy atom. The molecule has 5 heteroatoms. The van der Waals surface area contributed by atoms with Gasteiger partial charge in [-0.25, -0.2) is 3.63 Å². The van der Waals surface area contributed by atoms with Crippen LogP contribution in [0.3, 0.4) is 0 Å². The van der Waals surface area contributed by atoms with Crippen LogP contribution in [0.1, 0.15) is 41.5 Å². The average Bonchev–Trinajstić information content (AvgIpc) is 2.13. The quantitative estimate of drug-likeness (QED) is 0.542. The Morgan fingerprint density at radius 3 is 1.42 bits per heavy atom. The Kier molecular flexibility index (Phi) is 8.89. The average molecular weight is 341 g/mol. The zero-order valence-electron chi connectivity index (χ0n) is 12.3. The molecule has 0 aliphatic rings. The van der Waals surface area contributed by atoms with Crippen molar-refractivity contribution in [1.29, 1.82) is 0 Å². The lowest BCUT2D eigenvalue weighted by atomic mass is 10.3. The summed E-state index contributed by atoms with van der Waals surface area (Å²) in [6.45, 7) is 12.8. The summed E-state index contributed by atoms with van der Waals surface area (Å²) in [5.41, 5.74) is 0. The fourth-order valence-electron chi connectivity index (χ4n) is 0.681. The van der Waals surface area contributed by atoms with Crippen LogP contribution in [0.2, 0.25) is 10.0 Å². The maximum Gasteiger partial charge on any atom is 0.0420 e. The second-order valence-corrected chi connectivity index (χ2v) is 10.1. The van der Waals surface area contributed by atoms with E-state index in [-0.39, 0.29) is 9.49 Å². The van der Waals surface area contributed by atoms with Gasteiger partial charge < -0.3 is 0 Å². The van der Waals surface area contributed by atoms with Crippen LogP contribution in [-0.2, 0) is 3.63 Å². The first-order valence-corrected chi connectivity index (χ1v) is 8.18. The highest BCUT2D eigenvalue weighted by Crippen LogP contribution is 2.34. The molecule has 0 aliphatic carbocycles. The van der Waals surface area contributed by atoms with Gasteiger partial charge in [0.2, 0.25) is 0 Å². The first-order chi connectivity index (χ1) is 8.49. The first-order valence-electron chi connectivity index (χ1n) is 5.94. The molecule has 1 aromatic carbocycles. The molecular weight excluding hydrogens is 319 g/mol. The van der Waals surface area contributed by atoms with E-state index >= 15 is 0 Å². The van der Waals surface area contributed by atoms with E-state index in [4.69, 9.17) is 26.8 Å². The van der Waals surface area contributed by atoms with Crippen molar-refractivity contribution in [2.75, 3.05) is 0 Å². The van der Waals surface area contributed by atoms with Gasteiger partial charge in [-0.15, -0.1) is 0 Å². The molecule has 1 nitrogen and oxygen atoms in total. The Bertz CT molecular complexity index is 339.